The van der Waals surface area contributed by atoms with E-state index in [1.165, 1.54) is 5.56 Å². The molecule has 1 nitrogen and oxygen atoms in total. The zero-order chi connectivity index (χ0) is 12.2. The van der Waals surface area contributed by atoms with Gasteiger partial charge in [-0.05, 0) is 43.0 Å². The van der Waals surface area contributed by atoms with Crippen molar-refractivity contribution in [1.29, 1.82) is 0 Å². The summed E-state index contributed by atoms with van der Waals surface area (Å²) in [6.45, 7) is 5.53. The van der Waals surface area contributed by atoms with Crippen LogP contribution in [0.4, 0.5) is 0 Å². The molecular formula is C13H19BrClN. The van der Waals surface area contributed by atoms with Crippen LogP contribution >= 0.6 is 27.5 Å². The van der Waals surface area contributed by atoms with Gasteiger partial charge in [-0.1, -0.05) is 47.4 Å². The van der Waals surface area contributed by atoms with Gasteiger partial charge in [-0.15, -0.1) is 0 Å². The summed E-state index contributed by atoms with van der Waals surface area (Å²) in [6, 6.07) is 6.12. The van der Waals surface area contributed by atoms with E-state index in [1.807, 2.05) is 13.1 Å². The van der Waals surface area contributed by atoms with Crippen LogP contribution in [0.1, 0.15) is 25.8 Å². The van der Waals surface area contributed by atoms with E-state index in [-0.39, 0.29) is 5.41 Å². The summed E-state index contributed by atoms with van der Waals surface area (Å²) in [5, 5.41) is 4.11. The molecule has 1 atom stereocenters. The number of benzene rings is 1. The molecule has 0 aliphatic heterocycles. The molecular weight excluding hydrogens is 286 g/mol. The van der Waals surface area contributed by atoms with Gasteiger partial charge in [-0.3, -0.25) is 0 Å². The Hall–Kier alpha value is -0.0500. The fraction of sp³-hybridized carbons (Fsp3) is 0.538. The Morgan fingerprint density at radius 1 is 1.44 bits per heavy atom. The molecule has 0 saturated carbocycles. The average molecular weight is 305 g/mol. The molecule has 0 amide bonds. The summed E-state index contributed by atoms with van der Waals surface area (Å²) < 4.78 is 1.04. The number of rotatable bonds is 5. The lowest BCUT2D eigenvalue weighted by molar-refractivity contribution is 0.299. The largest absolute Gasteiger partial charge is 0.319 e. The van der Waals surface area contributed by atoms with Crippen molar-refractivity contribution >= 4 is 27.5 Å². The SMILES string of the molecule is CCC(C)(CNC)Cc1ccc(Br)cc1Cl. The van der Waals surface area contributed by atoms with Gasteiger partial charge in [-0.25, -0.2) is 0 Å². The molecule has 90 valence electrons. The fourth-order valence-corrected chi connectivity index (χ4v) is 2.60. The molecule has 0 aromatic heterocycles. The molecule has 1 unspecified atom stereocenters. The zero-order valence-corrected chi connectivity index (χ0v) is 12.5. The first-order valence-corrected chi connectivity index (χ1v) is 6.76. The molecule has 0 radical (unpaired) electrons. The van der Waals surface area contributed by atoms with Crippen molar-refractivity contribution < 1.29 is 0 Å². The molecule has 0 heterocycles. The van der Waals surface area contributed by atoms with Crippen molar-refractivity contribution in [2.24, 2.45) is 5.41 Å². The lowest BCUT2D eigenvalue weighted by Crippen LogP contribution is -2.31. The Bertz CT molecular complexity index is 354. The minimum atomic E-state index is 0.270. The van der Waals surface area contributed by atoms with E-state index < -0.39 is 0 Å². The molecule has 0 saturated heterocycles. The molecule has 0 fully saturated rings. The van der Waals surface area contributed by atoms with Gasteiger partial charge < -0.3 is 5.32 Å². The van der Waals surface area contributed by atoms with E-state index in [9.17, 15) is 0 Å². The molecule has 1 aromatic rings. The molecule has 16 heavy (non-hydrogen) atoms. The van der Waals surface area contributed by atoms with Crippen molar-refractivity contribution in [2.75, 3.05) is 13.6 Å². The fourth-order valence-electron chi connectivity index (χ4n) is 1.86. The van der Waals surface area contributed by atoms with Gasteiger partial charge in [0.05, 0.1) is 0 Å². The summed E-state index contributed by atoms with van der Waals surface area (Å²) in [5.74, 6) is 0. The normalized spacial score (nSPS) is 14.8. The van der Waals surface area contributed by atoms with Gasteiger partial charge in [0.15, 0.2) is 0 Å². The van der Waals surface area contributed by atoms with Crippen LogP contribution in [0.5, 0.6) is 0 Å². The first-order chi connectivity index (χ1) is 7.50. The van der Waals surface area contributed by atoms with Gasteiger partial charge in [0.2, 0.25) is 0 Å². The van der Waals surface area contributed by atoms with Crippen molar-refractivity contribution in [3.05, 3.63) is 33.3 Å². The Kier molecular flexibility index (Phi) is 5.29. The summed E-state index contributed by atoms with van der Waals surface area (Å²) in [5.41, 5.74) is 1.50. The molecule has 0 aliphatic carbocycles. The second-order valence-corrected chi connectivity index (χ2v) is 5.93. The van der Waals surface area contributed by atoms with Gasteiger partial charge in [-0.2, -0.15) is 0 Å². The number of halogens is 2. The number of hydrogen-bond acceptors (Lipinski definition) is 1. The molecule has 1 N–H and O–H groups in total. The Balaban J connectivity index is 2.85. The maximum Gasteiger partial charge on any atom is 0.0449 e. The number of nitrogens with one attached hydrogen (secondary N) is 1. The van der Waals surface area contributed by atoms with E-state index in [0.29, 0.717) is 0 Å². The van der Waals surface area contributed by atoms with Crippen LogP contribution in [0, 0.1) is 5.41 Å². The molecule has 1 aromatic carbocycles. The van der Waals surface area contributed by atoms with Crippen LogP contribution < -0.4 is 5.32 Å². The van der Waals surface area contributed by atoms with Crippen LogP contribution in [-0.2, 0) is 6.42 Å². The molecule has 1 rings (SSSR count). The Morgan fingerprint density at radius 2 is 2.12 bits per heavy atom. The average Bonchev–Trinajstić information content (AvgIpc) is 2.23. The van der Waals surface area contributed by atoms with Gasteiger partial charge in [0.25, 0.3) is 0 Å². The molecule has 3 heteroatoms. The highest BCUT2D eigenvalue weighted by molar-refractivity contribution is 9.10. The van der Waals surface area contributed by atoms with Gasteiger partial charge in [0.1, 0.15) is 0 Å². The minimum absolute atomic E-state index is 0.270. The molecule has 0 bridgehead atoms. The van der Waals surface area contributed by atoms with Gasteiger partial charge in [0, 0.05) is 16.0 Å². The summed E-state index contributed by atoms with van der Waals surface area (Å²) in [4.78, 5) is 0. The minimum Gasteiger partial charge on any atom is -0.319 e. The van der Waals surface area contributed by atoms with E-state index >= 15 is 0 Å². The molecule has 0 aliphatic rings. The first kappa shape index (κ1) is 14.0. The van der Waals surface area contributed by atoms with Crippen LogP contribution in [0.3, 0.4) is 0 Å². The van der Waals surface area contributed by atoms with Crippen LogP contribution in [0.2, 0.25) is 5.02 Å². The summed E-state index contributed by atoms with van der Waals surface area (Å²) in [6.07, 6.45) is 2.15. The van der Waals surface area contributed by atoms with E-state index in [4.69, 9.17) is 11.6 Å². The third-order valence-corrected chi connectivity index (χ3v) is 3.93. The maximum atomic E-state index is 6.24. The summed E-state index contributed by atoms with van der Waals surface area (Å²) >= 11 is 9.67. The predicted octanol–water partition coefficient (Wildman–Crippen LogP) is 4.28. The van der Waals surface area contributed by atoms with Crippen molar-refractivity contribution in [1.82, 2.24) is 5.32 Å². The Labute approximate surface area is 112 Å². The highest BCUT2D eigenvalue weighted by atomic mass is 79.9. The third-order valence-electron chi connectivity index (χ3n) is 3.09. The number of hydrogen-bond donors (Lipinski definition) is 1. The highest BCUT2D eigenvalue weighted by Gasteiger charge is 2.22. The van der Waals surface area contributed by atoms with Gasteiger partial charge >= 0.3 is 0 Å². The van der Waals surface area contributed by atoms with Crippen LogP contribution in [-0.4, -0.2) is 13.6 Å². The van der Waals surface area contributed by atoms with E-state index in [2.05, 4.69) is 47.2 Å². The first-order valence-electron chi connectivity index (χ1n) is 5.59. The topological polar surface area (TPSA) is 12.0 Å². The molecule has 0 spiro atoms. The maximum absolute atomic E-state index is 6.24. The van der Waals surface area contributed by atoms with Crippen LogP contribution in [0.15, 0.2) is 22.7 Å². The zero-order valence-electron chi connectivity index (χ0n) is 10.1. The summed E-state index contributed by atoms with van der Waals surface area (Å²) in [7, 11) is 2.00. The van der Waals surface area contributed by atoms with Crippen molar-refractivity contribution in [3.63, 3.8) is 0 Å². The van der Waals surface area contributed by atoms with Crippen molar-refractivity contribution in [2.45, 2.75) is 26.7 Å². The lowest BCUT2D eigenvalue weighted by Gasteiger charge is -2.28. The lowest BCUT2D eigenvalue weighted by atomic mass is 9.81. The van der Waals surface area contributed by atoms with Crippen molar-refractivity contribution in [3.8, 4) is 0 Å². The van der Waals surface area contributed by atoms with E-state index in [0.717, 1.165) is 28.9 Å². The monoisotopic (exact) mass is 303 g/mol. The predicted molar refractivity (Wildman–Crippen MR) is 75.2 cm³/mol. The highest BCUT2D eigenvalue weighted by Crippen LogP contribution is 2.30. The quantitative estimate of drug-likeness (QED) is 0.856. The third kappa shape index (κ3) is 3.76. The second kappa shape index (κ2) is 6.04. The van der Waals surface area contributed by atoms with Crippen LogP contribution in [0.25, 0.3) is 0 Å². The second-order valence-electron chi connectivity index (χ2n) is 4.61. The standard InChI is InChI=1S/C13H19BrClN/c1-4-13(2,9-16-3)8-10-5-6-11(14)7-12(10)15/h5-7,16H,4,8-9H2,1-3H3. The smallest absolute Gasteiger partial charge is 0.0449 e. The van der Waals surface area contributed by atoms with E-state index in [1.54, 1.807) is 0 Å². The Morgan fingerprint density at radius 3 is 2.62 bits per heavy atom.